The molecule has 4 aromatic carbocycles. The predicted molar refractivity (Wildman–Crippen MR) is 148 cm³/mol. The van der Waals surface area contributed by atoms with E-state index in [0.717, 1.165) is 22.3 Å². The van der Waals surface area contributed by atoms with E-state index in [0.29, 0.717) is 12.3 Å². The van der Waals surface area contributed by atoms with Crippen LogP contribution in [0.2, 0.25) is 0 Å². The third-order valence-electron chi connectivity index (χ3n) is 7.71. The van der Waals surface area contributed by atoms with E-state index in [1.165, 1.54) is 49.5 Å². The zero-order chi connectivity index (χ0) is 25.4. The third kappa shape index (κ3) is 3.21. The Bertz CT molecular complexity index is 1770. The van der Waals surface area contributed by atoms with Gasteiger partial charge in [0.1, 0.15) is 18.5 Å². The van der Waals surface area contributed by atoms with Crippen molar-refractivity contribution in [2.75, 3.05) is 0 Å². The molecule has 3 heteroatoms. The number of aryl methyl sites for hydroxylation is 2. The quantitative estimate of drug-likeness (QED) is 0.192. The summed E-state index contributed by atoms with van der Waals surface area (Å²) in [5, 5.41) is 16.8. The lowest BCUT2D eigenvalue weighted by molar-refractivity contribution is -0.659. The molecule has 0 amide bonds. The monoisotopic (exact) mass is 471 g/mol. The van der Waals surface area contributed by atoms with Gasteiger partial charge in [-0.25, -0.2) is 4.57 Å². The van der Waals surface area contributed by atoms with Gasteiger partial charge >= 0.3 is 0 Å². The highest BCUT2D eigenvalue weighted by atomic mass is 16.5. The summed E-state index contributed by atoms with van der Waals surface area (Å²) in [6.07, 6.45) is 2.89. The van der Waals surface area contributed by atoms with Gasteiger partial charge in [0.2, 0.25) is 5.69 Å². The summed E-state index contributed by atoms with van der Waals surface area (Å²) < 4.78 is 9.14. The van der Waals surface area contributed by atoms with Gasteiger partial charge in [0.05, 0.1) is 22.4 Å². The first-order valence-electron chi connectivity index (χ1n) is 12.7. The fourth-order valence-corrected chi connectivity index (χ4v) is 6.04. The first-order valence-corrected chi connectivity index (χ1v) is 12.7. The van der Waals surface area contributed by atoms with E-state index in [1.807, 2.05) is 13.8 Å². The number of nitrogens with zero attached hydrogens (tertiary/aromatic N) is 2. The van der Waals surface area contributed by atoms with Crippen LogP contribution < -0.4 is 9.30 Å². The van der Waals surface area contributed by atoms with Crippen LogP contribution in [0.5, 0.6) is 11.5 Å². The molecule has 1 aliphatic heterocycles. The zero-order valence-electron chi connectivity index (χ0n) is 21.9. The number of hydrogen-bond acceptors (Lipinski definition) is 2. The molecular formula is C33H31N2O+. The van der Waals surface area contributed by atoms with Crippen LogP contribution >= 0.6 is 0 Å². The number of fused-ring (bicyclic) bond motifs is 5. The average molecular weight is 472 g/mol. The SMILES string of the molecule is Cc1c2c(c(C(C)C)c3ccccc13)Oc1cc3cc(CC(C)(C)C#N)ccc3c3cc[n+](C)c-2c13. The molecule has 0 bridgehead atoms. The number of aromatic nitrogens is 1. The molecule has 0 unspecified atom stereocenters. The molecule has 36 heavy (non-hydrogen) atoms. The number of nitriles is 1. The second kappa shape index (κ2) is 7.80. The van der Waals surface area contributed by atoms with Crippen molar-refractivity contribution in [1.82, 2.24) is 0 Å². The Morgan fingerprint density at radius 3 is 2.44 bits per heavy atom. The highest BCUT2D eigenvalue weighted by Crippen LogP contribution is 2.53. The van der Waals surface area contributed by atoms with Crippen molar-refractivity contribution in [3.63, 3.8) is 0 Å². The summed E-state index contributed by atoms with van der Waals surface area (Å²) in [4.78, 5) is 0. The highest BCUT2D eigenvalue weighted by molar-refractivity contribution is 6.16. The molecule has 0 N–H and O–H groups in total. The maximum absolute atomic E-state index is 9.55. The van der Waals surface area contributed by atoms with Gasteiger partial charge in [-0.15, -0.1) is 0 Å². The zero-order valence-corrected chi connectivity index (χ0v) is 21.9. The van der Waals surface area contributed by atoms with Crippen LogP contribution in [0.15, 0.2) is 60.8 Å². The van der Waals surface area contributed by atoms with Gasteiger partial charge < -0.3 is 4.74 Å². The fourth-order valence-electron chi connectivity index (χ4n) is 6.04. The minimum atomic E-state index is -0.403. The van der Waals surface area contributed by atoms with Gasteiger partial charge in [0, 0.05) is 17.0 Å². The maximum Gasteiger partial charge on any atom is 0.228 e. The van der Waals surface area contributed by atoms with Crippen molar-refractivity contribution in [3.05, 3.63) is 77.5 Å². The van der Waals surface area contributed by atoms with Gasteiger partial charge in [-0.3, -0.25) is 0 Å². The Balaban J connectivity index is 1.71. The lowest BCUT2D eigenvalue weighted by Crippen LogP contribution is -2.32. The van der Waals surface area contributed by atoms with Crippen LogP contribution in [0.25, 0.3) is 43.6 Å². The van der Waals surface area contributed by atoms with Gasteiger partial charge in [-0.2, -0.15) is 5.26 Å². The molecule has 2 heterocycles. The maximum atomic E-state index is 9.55. The van der Waals surface area contributed by atoms with Gasteiger partial charge in [-0.05, 0) is 71.8 Å². The number of ether oxygens (including phenoxy) is 1. The largest absolute Gasteiger partial charge is 0.455 e. The van der Waals surface area contributed by atoms with Crippen molar-refractivity contribution in [1.29, 1.82) is 5.26 Å². The van der Waals surface area contributed by atoms with E-state index < -0.39 is 5.41 Å². The second-order valence-corrected chi connectivity index (χ2v) is 11.2. The summed E-state index contributed by atoms with van der Waals surface area (Å²) in [5.41, 5.74) is 5.70. The van der Waals surface area contributed by atoms with Crippen molar-refractivity contribution >= 4 is 32.3 Å². The Labute approximate surface area is 212 Å². The first kappa shape index (κ1) is 22.6. The number of rotatable bonds is 3. The molecule has 0 saturated heterocycles. The van der Waals surface area contributed by atoms with E-state index >= 15 is 0 Å². The predicted octanol–water partition coefficient (Wildman–Crippen LogP) is 8.27. The molecule has 5 aromatic rings. The summed E-state index contributed by atoms with van der Waals surface area (Å²) in [6, 6.07) is 22.1. The Hall–Kier alpha value is -3.90. The molecule has 178 valence electrons. The Morgan fingerprint density at radius 1 is 0.972 bits per heavy atom. The molecule has 0 saturated carbocycles. The van der Waals surface area contributed by atoms with E-state index in [9.17, 15) is 5.26 Å². The second-order valence-electron chi connectivity index (χ2n) is 11.2. The van der Waals surface area contributed by atoms with Crippen LogP contribution in [0.4, 0.5) is 0 Å². The van der Waals surface area contributed by atoms with Gasteiger partial charge in [-0.1, -0.05) is 56.3 Å². The van der Waals surface area contributed by atoms with Crippen LogP contribution in [0, 0.1) is 23.7 Å². The van der Waals surface area contributed by atoms with E-state index in [-0.39, 0.29) is 0 Å². The van der Waals surface area contributed by atoms with Crippen LogP contribution in [0.1, 0.15) is 50.3 Å². The van der Waals surface area contributed by atoms with Crippen molar-refractivity contribution in [3.8, 4) is 28.8 Å². The number of benzene rings is 4. The number of hydrogen-bond donors (Lipinski definition) is 0. The normalized spacial score (nSPS) is 12.7. The molecular weight excluding hydrogens is 440 g/mol. The van der Waals surface area contributed by atoms with Gasteiger partial charge in [0.15, 0.2) is 6.20 Å². The first-order chi connectivity index (χ1) is 17.2. The summed E-state index contributed by atoms with van der Waals surface area (Å²) in [5.74, 6) is 2.21. The van der Waals surface area contributed by atoms with E-state index in [1.54, 1.807) is 0 Å². The fraction of sp³-hybridized carbons (Fsp3) is 0.273. The molecule has 0 radical (unpaired) electrons. The lowest BCUT2D eigenvalue weighted by Gasteiger charge is -2.27. The molecule has 6 rings (SSSR count). The highest BCUT2D eigenvalue weighted by Gasteiger charge is 2.34. The van der Waals surface area contributed by atoms with E-state index in [4.69, 9.17) is 4.74 Å². The van der Waals surface area contributed by atoms with Gasteiger partial charge in [0.25, 0.3) is 0 Å². The molecule has 0 atom stereocenters. The minimum Gasteiger partial charge on any atom is -0.455 e. The molecule has 1 aromatic heterocycles. The van der Waals surface area contributed by atoms with Crippen LogP contribution in [-0.4, -0.2) is 0 Å². The molecule has 0 aliphatic carbocycles. The lowest BCUT2D eigenvalue weighted by atomic mass is 9.84. The average Bonchev–Trinajstić information content (AvgIpc) is 2.84. The summed E-state index contributed by atoms with van der Waals surface area (Å²) in [6.45, 7) is 10.7. The topological polar surface area (TPSA) is 36.9 Å². The Morgan fingerprint density at radius 2 is 1.72 bits per heavy atom. The summed E-state index contributed by atoms with van der Waals surface area (Å²) >= 11 is 0. The van der Waals surface area contributed by atoms with Crippen molar-refractivity contribution in [2.45, 2.75) is 47.0 Å². The molecule has 0 spiro atoms. The molecule has 0 fully saturated rings. The van der Waals surface area contributed by atoms with Crippen LogP contribution in [0.3, 0.4) is 0 Å². The van der Waals surface area contributed by atoms with E-state index in [2.05, 4.69) is 99.2 Å². The smallest absolute Gasteiger partial charge is 0.228 e. The Kier molecular flexibility index (Phi) is 4.89. The standard InChI is InChI=1S/C33H31N2O/c1-19(2)28-25-10-8-7-9-23(25)20(3)29-31-30-26(13-14-35(31)6)24-12-11-21(17-33(4,5)18-34)15-22(24)16-27(30)36-32(28)29/h7-16,19H,17H2,1-6H3/q+1. The van der Waals surface area contributed by atoms with Crippen molar-refractivity contribution < 1.29 is 9.30 Å². The summed E-state index contributed by atoms with van der Waals surface area (Å²) in [7, 11) is 2.13. The number of pyridine rings is 1. The molecule has 3 nitrogen and oxygen atoms in total. The third-order valence-corrected chi connectivity index (χ3v) is 7.71. The molecule has 1 aliphatic rings. The van der Waals surface area contributed by atoms with Crippen molar-refractivity contribution in [2.24, 2.45) is 12.5 Å². The van der Waals surface area contributed by atoms with Crippen LogP contribution in [-0.2, 0) is 13.5 Å². The minimum absolute atomic E-state index is 0.315.